The zero-order valence-corrected chi connectivity index (χ0v) is 34.2. The predicted octanol–water partition coefficient (Wildman–Crippen LogP) is 14.4. The molecule has 0 aromatic carbocycles. The van der Waals surface area contributed by atoms with Gasteiger partial charge in [0.2, 0.25) is 0 Å². The van der Waals surface area contributed by atoms with Gasteiger partial charge in [-0.25, -0.2) is 0 Å². The number of carbonyl (C=O) groups is 1. The maximum atomic E-state index is 13.2. The first-order valence-electron chi connectivity index (χ1n) is 22.2. The lowest BCUT2D eigenvalue weighted by Gasteiger charge is -2.63. The number of unbranched alkanes of at least 4 members (excludes halogenated alkanes) is 12. The first kappa shape index (κ1) is 39.4. The highest BCUT2D eigenvalue weighted by molar-refractivity contribution is 5.69. The molecule has 2 heteroatoms. The number of rotatable bonds is 20. The Morgan fingerprint density at radius 1 is 0.673 bits per heavy atom. The molecule has 2 nitrogen and oxygen atoms in total. The van der Waals surface area contributed by atoms with Crippen LogP contribution in [-0.4, -0.2) is 12.1 Å². The summed E-state index contributed by atoms with van der Waals surface area (Å²) in [5, 5.41) is 0. The molecule has 9 atom stereocenters. The maximum absolute atomic E-state index is 13.2. The van der Waals surface area contributed by atoms with Gasteiger partial charge in [0.1, 0.15) is 6.10 Å². The van der Waals surface area contributed by atoms with Gasteiger partial charge in [-0.2, -0.15) is 0 Å². The summed E-state index contributed by atoms with van der Waals surface area (Å²) in [6, 6.07) is 0. The van der Waals surface area contributed by atoms with Crippen LogP contribution >= 0.6 is 0 Å². The second kappa shape index (κ2) is 16.1. The van der Waals surface area contributed by atoms with Crippen LogP contribution in [0.3, 0.4) is 0 Å². The quantitative estimate of drug-likeness (QED) is 0.0728. The van der Waals surface area contributed by atoms with E-state index in [1.54, 1.807) is 0 Å². The molecule has 2 spiro atoms. The number of carbonyl (C=O) groups excluding carboxylic acids is 1. The summed E-state index contributed by atoms with van der Waals surface area (Å²) < 4.78 is 6.41. The second-order valence-electron chi connectivity index (χ2n) is 20.3. The molecule has 5 fully saturated rings. The van der Waals surface area contributed by atoms with E-state index in [9.17, 15) is 4.79 Å². The third kappa shape index (κ3) is 7.53. The Morgan fingerprint density at radius 2 is 1.24 bits per heavy atom. The Hall–Kier alpha value is -0.790. The number of hydrogen-bond acceptors (Lipinski definition) is 2. The molecule has 5 saturated carbocycles. The Balaban J connectivity index is 1.07. The predicted molar refractivity (Wildman–Crippen MR) is 209 cm³/mol. The molecule has 0 amide bonds. The topological polar surface area (TPSA) is 26.3 Å². The Kier molecular flexibility index (Phi) is 12.9. The molecule has 5 rings (SSSR count). The van der Waals surface area contributed by atoms with Crippen LogP contribution in [0, 0.1) is 56.7 Å². The lowest BCUT2D eigenvalue weighted by Crippen LogP contribution is -2.58. The summed E-state index contributed by atoms with van der Waals surface area (Å²) in [4.78, 5) is 13.2. The second-order valence-corrected chi connectivity index (χ2v) is 20.3. The molecule has 0 N–H and O–H groups in total. The first-order valence-corrected chi connectivity index (χ1v) is 22.2. The minimum atomic E-state index is 0.0836. The average molecular weight is 679 g/mol. The van der Waals surface area contributed by atoms with Gasteiger partial charge in [0, 0.05) is 11.8 Å². The lowest BCUT2D eigenvalue weighted by atomic mass is 9.41. The molecule has 0 radical (unpaired) electrons. The van der Waals surface area contributed by atoms with Crippen LogP contribution in [-0.2, 0) is 9.53 Å². The highest BCUT2D eigenvalue weighted by Gasteiger charge is 2.82. The van der Waals surface area contributed by atoms with Crippen molar-refractivity contribution in [1.29, 1.82) is 0 Å². The van der Waals surface area contributed by atoms with Gasteiger partial charge < -0.3 is 4.74 Å². The minimum Gasteiger partial charge on any atom is -0.462 e. The fraction of sp³-hybridized carbons (Fsp3) is 0.936. The van der Waals surface area contributed by atoms with Gasteiger partial charge in [-0.15, -0.1) is 0 Å². The first-order chi connectivity index (χ1) is 23.3. The van der Waals surface area contributed by atoms with Crippen molar-refractivity contribution in [2.45, 2.75) is 222 Å². The molecule has 282 valence electrons. The maximum Gasteiger partial charge on any atom is 0.306 e. The van der Waals surface area contributed by atoms with Crippen molar-refractivity contribution in [2.24, 2.45) is 56.7 Å². The summed E-state index contributed by atoms with van der Waals surface area (Å²) in [5.41, 5.74) is 3.58. The molecular formula is C47H82O2. The standard InChI is InChI=1S/C47H82O2/c1-10-11-12-13-14-15-16-17-18-19-20-21-22-23-42(48)49-41-29-31-46-34-47(46)33-32-44(8)38(37(5)25-24-36(4)35(2)3)28-30-45(44,9)40(47)27-26-39(46)43(41,6)7/h35,37-41H,4,10-34H2,1-3,5-9H3. The van der Waals surface area contributed by atoms with Gasteiger partial charge in [-0.05, 0) is 128 Å². The Labute approximate surface area is 305 Å². The van der Waals surface area contributed by atoms with E-state index in [0.717, 1.165) is 30.6 Å². The van der Waals surface area contributed by atoms with Gasteiger partial charge in [0.25, 0.3) is 0 Å². The van der Waals surface area contributed by atoms with Crippen molar-refractivity contribution in [2.75, 3.05) is 0 Å². The van der Waals surface area contributed by atoms with Gasteiger partial charge >= 0.3 is 5.97 Å². The van der Waals surface area contributed by atoms with E-state index >= 15 is 0 Å². The molecule has 0 heterocycles. The van der Waals surface area contributed by atoms with E-state index in [1.165, 1.54) is 147 Å². The fourth-order valence-electron chi connectivity index (χ4n) is 13.9. The molecule has 49 heavy (non-hydrogen) atoms. The van der Waals surface area contributed by atoms with Crippen molar-refractivity contribution >= 4 is 5.97 Å². The smallest absolute Gasteiger partial charge is 0.306 e. The highest BCUT2D eigenvalue weighted by Crippen LogP contribution is 2.89. The van der Waals surface area contributed by atoms with Crippen molar-refractivity contribution in [1.82, 2.24) is 0 Å². The normalized spacial score (nSPS) is 37.9. The summed E-state index contributed by atoms with van der Waals surface area (Å²) in [6.07, 6.45) is 33.1. The molecule has 0 aromatic heterocycles. The van der Waals surface area contributed by atoms with Crippen LogP contribution < -0.4 is 0 Å². The van der Waals surface area contributed by atoms with Crippen LogP contribution in [0.5, 0.6) is 0 Å². The van der Waals surface area contributed by atoms with Crippen molar-refractivity contribution < 1.29 is 9.53 Å². The van der Waals surface area contributed by atoms with Crippen LogP contribution in [0.15, 0.2) is 12.2 Å². The minimum absolute atomic E-state index is 0.0836. The van der Waals surface area contributed by atoms with E-state index in [-0.39, 0.29) is 17.5 Å². The van der Waals surface area contributed by atoms with Crippen LogP contribution in [0.25, 0.3) is 0 Å². The molecule has 5 aliphatic carbocycles. The third-order valence-corrected chi connectivity index (χ3v) is 17.3. The average Bonchev–Trinajstić information content (AvgIpc) is 3.64. The van der Waals surface area contributed by atoms with Crippen molar-refractivity contribution in [3.63, 3.8) is 0 Å². The molecule has 5 aliphatic rings. The molecule has 0 bridgehead atoms. The fourth-order valence-corrected chi connectivity index (χ4v) is 13.9. The third-order valence-electron chi connectivity index (χ3n) is 17.3. The molecular weight excluding hydrogens is 597 g/mol. The van der Waals surface area contributed by atoms with E-state index in [1.807, 2.05) is 0 Å². The van der Waals surface area contributed by atoms with Crippen molar-refractivity contribution in [3.05, 3.63) is 12.2 Å². The zero-order valence-electron chi connectivity index (χ0n) is 34.2. The summed E-state index contributed by atoms with van der Waals surface area (Å²) in [6.45, 7) is 24.4. The molecule has 0 aliphatic heterocycles. The van der Waals surface area contributed by atoms with Crippen molar-refractivity contribution in [3.8, 4) is 0 Å². The number of allylic oxidation sites excluding steroid dienone is 1. The summed E-state index contributed by atoms with van der Waals surface area (Å²) in [5.74, 6) is 3.96. The number of hydrogen-bond donors (Lipinski definition) is 0. The molecule has 9 unspecified atom stereocenters. The van der Waals surface area contributed by atoms with E-state index in [2.05, 4.69) is 62.0 Å². The van der Waals surface area contributed by atoms with Gasteiger partial charge in [-0.3, -0.25) is 4.79 Å². The monoisotopic (exact) mass is 679 g/mol. The molecule has 0 saturated heterocycles. The lowest BCUT2D eigenvalue weighted by molar-refractivity contribution is -0.183. The molecule has 0 aromatic rings. The number of esters is 1. The van der Waals surface area contributed by atoms with Crippen LogP contribution in [0.2, 0.25) is 0 Å². The zero-order chi connectivity index (χ0) is 35.5. The van der Waals surface area contributed by atoms with Gasteiger partial charge in [0.05, 0.1) is 0 Å². The van der Waals surface area contributed by atoms with E-state index in [4.69, 9.17) is 4.74 Å². The summed E-state index contributed by atoms with van der Waals surface area (Å²) in [7, 11) is 0. The van der Waals surface area contributed by atoms with E-state index < -0.39 is 0 Å². The SMILES string of the molecule is C=C(CCC(C)C1CCC2(C)C3CCC4C(C)(C)C(OC(=O)CCCCCCCCCCCCCCC)CCC45CC35CCC12C)C(C)C. The largest absolute Gasteiger partial charge is 0.462 e. The van der Waals surface area contributed by atoms with Gasteiger partial charge in [-0.1, -0.05) is 145 Å². The van der Waals surface area contributed by atoms with Crippen LogP contribution in [0.1, 0.15) is 216 Å². The number of ether oxygens (including phenoxy) is 1. The van der Waals surface area contributed by atoms with Crippen LogP contribution in [0.4, 0.5) is 0 Å². The Bertz CT molecular complexity index is 1100. The number of fused-ring (bicyclic) bond motifs is 2. The van der Waals surface area contributed by atoms with E-state index in [0.29, 0.717) is 39.9 Å². The Morgan fingerprint density at radius 3 is 1.86 bits per heavy atom. The van der Waals surface area contributed by atoms with Gasteiger partial charge in [0.15, 0.2) is 0 Å². The summed E-state index contributed by atoms with van der Waals surface area (Å²) >= 11 is 0. The highest BCUT2D eigenvalue weighted by atomic mass is 16.5.